The van der Waals surface area contributed by atoms with Crippen LogP contribution in [0.1, 0.15) is 10.4 Å². The van der Waals surface area contributed by atoms with Crippen LogP contribution in [-0.4, -0.2) is 15.9 Å². The van der Waals surface area contributed by atoms with E-state index in [1.807, 2.05) is 18.2 Å². The maximum absolute atomic E-state index is 12.1. The molecule has 1 amide bonds. The lowest BCUT2D eigenvalue weighted by atomic mass is 10.1. The third-order valence-corrected chi connectivity index (χ3v) is 3.18. The van der Waals surface area contributed by atoms with E-state index >= 15 is 0 Å². The molecule has 0 radical (unpaired) electrons. The van der Waals surface area contributed by atoms with E-state index in [2.05, 4.69) is 15.3 Å². The number of nitrogens with zero attached hydrogens (tertiary/aromatic N) is 1. The molecule has 0 saturated carbocycles. The molecule has 5 nitrogen and oxygen atoms in total. The molecular formula is C17H13N3O2. The zero-order valence-electron chi connectivity index (χ0n) is 11.6. The molecule has 2 aromatic heterocycles. The van der Waals surface area contributed by atoms with Gasteiger partial charge in [0, 0.05) is 29.3 Å². The van der Waals surface area contributed by atoms with Crippen LogP contribution in [0.4, 0.5) is 5.69 Å². The first-order valence-corrected chi connectivity index (χ1v) is 6.74. The van der Waals surface area contributed by atoms with E-state index < -0.39 is 11.5 Å². The molecule has 2 heterocycles. The minimum absolute atomic E-state index is 0.0710. The number of hydrogen-bond acceptors (Lipinski definition) is 3. The molecule has 0 atom stereocenters. The van der Waals surface area contributed by atoms with Gasteiger partial charge < -0.3 is 10.3 Å². The van der Waals surface area contributed by atoms with Gasteiger partial charge in [-0.2, -0.15) is 0 Å². The second-order valence-corrected chi connectivity index (χ2v) is 4.67. The fourth-order valence-corrected chi connectivity index (χ4v) is 2.07. The summed E-state index contributed by atoms with van der Waals surface area (Å²) in [6.45, 7) is 0. The maximum atomic E-state index is 12.1. The van der Waals surface area contributed by atoms with E-state index in [0.717, 1.165) is 5.56 Å². The number of nitrogens with one attached hydrogen (secondary N) is 2. The Balaban J connectivity index is 1.87. The van der Waals surface area contributed by atoms with Gasteiger partial charge in [0.2, 0.25) is 0 Å². The molecule has 0 aliphatic heterocycles. The lowest BCUT2D eigenvalue weighted by Crippen LogP contribution is -2.23. The van der Waals surface area contributed by atoms with Gasteiger partial charge in [-0.25, -0.2) is 0 Å². The monoisotopic (exact) mass is 291 g/mol. The number of H-pyrrole nitrogens is 1. The molecule has 0 spiro atoms. The number of carbonyl (C=O) groups is 1. The highest BCUT2D eigenvalue weighted by molar-refractivity contribution is 6.04. The Kier molecular flexibility index (Phi) is 3.78. The number of aromatic amines is 1. The summed E-state index contributed by atoms with van der Waals surface area (Å²) in [5.74, 6) is -0.436. The first-order chi connectivity index (χ1) is 10.7. The number of anilines is 1. The molecule has 3 aromatic rings. The van der Waals surface area contributed by atoms with Gasteiger partial charge in [-0.15, -0.1) is 0 Å². The van der Waals surface area contributed by atoms with Crippen molar-refractivity contribution in [3.8, 4) is 11.3 Å². The summed E-state index contributed by atoms with van der Waals surface area (Å²) < 4.78 is 0. The Bertz CT molecular complexity index is 843. The third kappa shape index (κ3) is 2.93. The zero-order chi connectivity index (χ0) is 15.4. The normalized spacial score (nSPS) is 10.2. The zero-order valence-corrected chi connectivity index (χ0v) is 11.6. The number of rotatable bonds is 3. The van der Waals surface area contributed by atoms with Crippen LogP contribution < -0.4 is 10.9 Å². The molecule has 0 aliphatic rings. The summed E-state index contributed by atoms with van der Waals surface area (Å²) in [5, 5.41) is 2.69. The molecule has 1 aromatic carbocycles. The van der Waals surface area contributed by atoms with Crippen molar-refractivity contribution >= 4 is 11.6 Å². The average molecular weight is 291 g/mol. The number of para-hydroxylation sites is 1. The van der Waals surface area contributed by atoms with Crippen LogP contribution in [0.5, 0.6) is 0 Å². The first-order valence-electron chi connectivity index (χ1n) is 6.74. The average Bonchev–Trinajstić information content (AvgIpc) is 2.56. The van der Waals surface area contributed by atoms with Gasteiger partial charge in [-0.3, -0.25) is 14.6 Å². The van der Waals surface area contributed by atoms with Gasteiger partial charge in [0.25, 0.3) is 11.5 Å². The smallest absolute Gasteiger partial charge is 0.261 e. The van der Waals surface area contributed by atoms with E-state index in [1.165, 1.54) is 6.07 Å². The van der Waals surface area contributed by atoms with Crippen molar-refractivity contribution in [3.05, 3.63) is 82.9 Å². The largest absolute Gasteiger partial charge is 0.322 e. The molecule has 0 fully saturated rings. The number of aromatic nitrogens is 2. The second kappa shape index (κ2) is 6.05. The molecule has 0 unspecified atom stereocenters. The molecule has 5 heteroatoms. The number of benzene rings is 1. The van der Waals surface area contributed by atoms with Crippen LogP contribution in [0.2, 0.25) is 0 Å². The fourth-order valence-electron chi connectivity index (χ4n) is 2.07. The number of hydrogen-bond donors (Lipinski definition) is 2. The molecule has 3 rings (SSSR count). The SMILES string of the molecule is O=C(Nc1ccccc1)c1ccc(-c2ccncc2)[nH]c1=O. The van der Waals surface area contributed by atoms with E-state index in [0.29, 0.717) is 11.4 Å². The van der Waals surface area contributed by atoms with Gasteiger partial charge in [-0.05, 0) is 36.4 Å². The lowest BCUT2D eigenvalue weighted by Gasteiger charge is -2.06. The van der Waals surface area contributed by atoms with Gasteiger partial charge in [0.1, 0.15) is 5.56 Å². The molecule has 0 aliphatic carbocycles. The van der Waals surface area contributed by atoms with E-state index in [9.17, 15) is 9.59 Å². The topological polar surface area (TPSA) is 74.8 Å². The molecule has 108 valence electrons. The minimum Gasteiger partial charge on any atom is -0.322 e. The van der Waals surface area contributed by atoms with Crippen molar-refractivity contribution in [1.82, 2.24) is 9.97 Å². The summed E-state index contributed by atoms with van der Waals surface area (Å²) >= 11 is 0. The van der Waals surface area contributed by atoms with Crippen molar-refractivity contribution in [3.63, 3.8) is 0 Å². The summed E-state index contributed by atoms with van der Waals surface area (Å²) in [4.78, 5) is 30.9. The van der Waals surface area contributed by atoms with Gasteiger partial charge in [-0.1, -0.05) is 18.2 Å². The van der Waals surface area contributed by atoms with Gasteiger partial charge in [0.15, 0.2) is 0 Å². The Morgan fingerprint density at radius 2 is 1.68 bits per heavy atom. The second-order valence-electron chi connectivity index (χ2n) is 4.67. The standard InChI is InChI=1S/C17H13N3O2/c21-16(19-13-4-2-1-3-5-13)14-6-7-15(20-17(14)22)12-8-10-18-11-9-12/h1-11H,(H,19,21)(H,20,22). The fraction of sp³-hybridized carbons (Fsp3) is 0. The van der Waals surface area contributed by atoms with Crippen molar-refractivity contribution in [2.24, 2.45) is 0 Å². The molecule has 0 saturated heterocycles. The van der Waals surface area contributed by atoms with Crippen LogP contribution in [0.15, 0.2) is 71.8 Å². The van der Waals surface area contributed by atoms with Crippen LogP contribution in [0.25, 0.3) is 11.3 Å². The molecule has 2 N–H and O–H groups in total. The summed E-state index contributed by atoms with van der Waals surface area (Å²) in [7, 11) is 0. The summed E-state index contributed by atoms with van der Waals surface area (Å²) in [6, 6.07) is 15.8. The predicted octanol–water partition coefficient (Wildman–Crippen LogP) is 2.69. The van der Waals surface area contributed by atoms with Crippen LogP contribution >= 0.6 is 0 Å². The van der Waals surface area contributed by atoms with Crippen LogP contribution in [-0.2, 0) is 0 Å². The predicted molar refractivity (Wildman–Crippen MR) is 84.7 cm³/mol. The molecule has 0 bridgehead atoms. The minimum atomic E-state index is -0.436. The third-order valence-electron chi connectivity index (χ3n) is 3.18. The van der Waals surface area contributed by atoms with Crippen LogP contribution in [0.3, 0.4) is 0 Å². The van der Waals surface area contributed by atoms with Crippen molar-refractivity contribution in [2.45, 2.75) is 0 Å². The number of carbonyl (C=O) groups excluding carboxylic acids is 1. The van der Waals surface area contributed by atoms with Gasteiger partial charge >= 0.3 is 0 Å². The molecule has 22 heavy (non-hydrogen) atoms. The van der Waals surface area contributed by atoms with Gasteiger partial charge in [0.05, 0.1) is 0 Å². The highest BCUT2D eigenvalue weighted by Gasteiger charge is 2.11. The molecular weight excluding hydrogens is 278 g/mol. The highest BCUT2D eigenvalue weighted by Crippen LogP contribution is 2.14. The van der Waals surface area contributed by atoms with E-state index in [4.69, 9.17) is 0 Å². The Labute approximate surface area is 126 Å². The highest BCUT2D eigenvalue weighted by atomic mass is 16.2. The quantitative estimate of drug-likeness (QED) is 0.779. The Morgan fingerprint density at radius 3 is 2.36 bits per heavy atom. The van der Waals surface area contributed by atoms with E-state index in [-0.39, 0.29) is 5.56 Å². The van der Waals surface area contributed by atoms with Crippen molar-refractivity contribution in [2.75, 3.05) is 5.32 Å². The van der Waals surface area contributed by atoms with Crippen molar-refractivity contribution < 1.29 is 4.79 Å². The van der Waals surface area contributed by atoms with E-state index in [1.54, 1.807) is 42.7 Å². The summed E-state index contributed by atoms with van der Waals surface area (Å²) in [5.41, 5.74) is 1.76. The first kappa shape index (κ1) is 13.8. The number of amides is 1. The summed E-state index contributed by atoms with van der Waals surface area (Å²) in [6.07, 6.45) is 3.29. The Morgan fingerprint density at radius 1 is 0.955 bits per heavy atom. The Hall–Kier alpha value is -3.21. The van der Waals surface area contributed by atoms with Crippen molar-refractivity contribution in [1.29, 1.82) is 0 Å². The van der Waals surface area contributed by atoms with Crippen LogP contribution in [0, 0.1) is 0 Å². The number of pyridine rings is 2. The lowest BCUT2D eigenvalue weighted by molar-refractivity contribution is 0.102. The maximum Gasteiger partial charge on any atom is 0.261 e.